The maximum atomic E-state index is 12.6. The average Bonchev–Trinajstić information content (AvgIpc) is 2.78. The van der Waals surface area contributed by atoms with E-state index in [-0.39, 0.29) is 31.1 Å². The fraction of sp³-hybridized carbons (Fsp3) is 0.417. The summed E-state index contributed by atoms with van der Waals surface area (Å²) in [7, 11) is 0. The number of amides is 1. The van der Waals surface area contributed by atoms with Crippen molar-refractivity contribution in [2.45, 2.75) is 62.5 Å². The van der Waals surface area contributed by atoms with Crippen LogP contribution in [0.2, 0.25) is 0 Å². The van der Waals surface area contributed by atoms with E-state index >= 15 is 0 Å². The Balaban J connectivity index is 1.66. The summed E-state index contributed by atoms with van der Waals surface area (Å²) in [6, 6.07) is 6.18. The van der Waals surface area contributed by atoms with Crippen molar-refractivity contribution in [2.75, 3.05) is 23.3 Å². The van der Waals surface area contributed by atoms with Crippen molar-refractivity contribution in [1.82, 2.24) is 14.9 Å². The van der Waals surface area contributed by atoms with E-state index in [1.165, 1.54) is 16.3 Å². The molecule has 0 saturated heterocycles. The summed E-state index contributed by atoms with van der Waals surface area (Å²) in [4.78, 5) is 45.2. The number of carbonyl (C=O) groups is 2. The fourth-order valence-electron chi connectivity index (χ4n) is 3.66. The maximum Gasteiger partial charge on any atom is 0.349 e. The van der Waals surface area contributed by atoms with Crippen LogP contribution in [0.5, 0.6) is 0 Å². The van der Waals surface area contributed by atoms with Crippen molar-refractivity contribution in [3.05, 3.63) is 47.0 Å². The monoisotopic (exact) mass is 484 g/mol. The molecule has 0 bridgehead atoms. The minimum atomic E-state index is -0.513. The molecule has 10 heteroatoms. The molecule has 1 unspecified atom stereocenters. The number of nitrogens with one attached hydrogen (secondary N) is 2. The Hall–Kier alpha value is -3.11. The molecule has 4 N–H and O–H groups in total. The van der Waals surface area contributed by atoms with Crippen LogP contribution in [0.15, 0.2) is 51.1 Å². The van der Waals surface area contributed by atoms with Gasteiger partial charge in [0.25, 0.3) is 0 Å². The number of nitrogens with two attached hydrogens (primary N) is 1. The molecule has 9 nitrogen and oxygen atoms in total. The molecule has 1 amide bonds. The van der Waals surface area contributed by atoms with Gasteiger partial charge in [0.15, 0.2) is 11.6 Å². The molecular weight excluding hydrogens is 452 g/mol. The van der Waals surface area contributed by atoms with Crippen LogP contribution in [0, 0.1) is 0 Å². The van der Waals surface area contributed by atoms with E-state index < -0.39 is 11.9 Å². The average molecular weight is 485 g/mol. The Bertz CT molecular complexity index is 1140. The summed E-state index contributed by atoms with van der Waals surface area (Å²) < 4.78 is 1.30. The van der Waals surface area contributed by atoms with Gasteiger partial charge in [-0.3, -0.25) is 14.2 Å². The smallest absolute Gasteiger partial charge is 0.349 e. The van der Waals surface area contributed by atoms with Gasteiger partial charge in [-0.1, -0.05) is 30.8 Å². The summed E-state index contributed by atoms with van der Waals surface area (Å²) in [5.41, 5.74) is 7.67. The van der Waals surface area contributed by atoms with Gasteiger partial charge in [0.05, 0.1) is 23.3 Å². The predicted molar refractivity (Wildman–Crippen MR) is 136 cm³/mol. The standard InChI is InChI=1S/C24H32N6O3S/c1-5-21(25)27-22(32)11-15(4)10-17(31)13-30-14-20-23(28-24(30)33)26-18-12-16(29(6-2)7-3)8-9-19(18)34-20/h8-9,12,14,21H,4-7,10-11,13,25H2,1-3H3,(H,27,32)(H,26,28,33). The molecule has 2 aromatic rings. The zero-order valence-corrected chi connectivity index (χ0v) is 20.7. The fourth-order valence-corrected chi connectivity index (χ4v) is 4.63. The van der Waals surface area contributed by atoms with E-state index in [0.29, 0.717) is 17.8 Å². The Morgan fingerprint density at radius 2 is 1.97 bits per heavy atom. The first-order chi connectivity index (χ1) is 16.2. The zero-order chi connectivity index (χ0) is 24.8. The topological polar surface area (TPSA) is 122 Å². The number of rotatable bonds is 11. The van der Waals surface area contributed by atoms with Crippen molar-refractivity contribution >= 4 is 40.6 Å². The molecular formula is C24H32N6O3S. The van der Waals surface area contributed by atoms with Crippen molar-refractivity contribution in [3.8, 4) is 0 Å². The number of benzene rings is 1. The van der Waals surface area contributed by atoms with Gasteiger partial charge < -0.3 is 21.3 Å². The third-order valence-corrected chi connectivity index (χ3v) is 6.61. The lowest BCUT2D eigenvalue weighted by molar-refractivity contribution is -0.121. The first-order valence-corrected chi connectivity index (χ1v) is 12.2. The van der Waals surface area contributed by atoms with Crippen LogP contribution in [0.1, 0.15) is 40.0 Å². The molecule has 0 aliphatic carbocycles. The lowest BCUT2D eigenvalue weighted by Gasteiger charge is -2.25. The number of aromatic nitrogens is 2. The molecule has 1 aromatic heterocycles. The summed E-state index contributed by atoms with van der Waals surface area (Å²) in [6.45, 7) is 11.6. The van der Waals surface area contributed by atoms with Crippen LogP contribution in [-0.2, 0) is 16.1 Å². The number of nitrogens with zero attached hydrogens (tertiary/aromatic N) is 3. The Labute approximate surface area is 203 Å². The van der Waals surface area contributed by atoms with Gasteiger partial charge >= 0.3 is 5.69 Å². The number of Topliss-reactive ketones (excluding diaryl/α,β-unsaturated/α-hetero) is 1. The van der Waals surface area contributed by atoms with Gasteiger partial charge in [0.1, 0.15) is 0 Å². The minimum absolute atomic E-state index is 0.000663. The van der Waals surface area contributed by atoms with Crippen LogP contribution in [0.3, 0.4) is 0 Å². The Kier molecular flexibility index (Phi) is 8.51. The highest BCUT2D eigenvalue weighted by atomic mass is 32.2. The number of ketones is 1. The van der Waals surface area contributed by atoms with Crippen molar-refractivity contribution in [2.24, 2.45) is 5.73 Å². The largest absolute Gasteiger partial charge is 0.372 e. The molecule has 1 aliphatic rings. The van der Waals surface area contributed by atoms with Crippen LogP contribution < -0.4 is 27.0 Å². The SMILES string of the molecule is C=C(CC(=O)Cn1cc2c(nc1=O)Nc1cc(N(CC)CC)ccc1S2)CC(=O)NC(N)CC. The molecule has 3 rings (SSSR count). The molecule has 0 spiro atoms. The molecule has 0 fully saturated rings. The van der Waals surface area contributed by atoms with E-state index in [1.54, 1.807) is 6.20 Å². The normalized spacial score (nSPS) is 12.7. The van der Waals surface area contributed by atoms with Gasteiger partial charge in [-0.05, 0) is 38.5 Å². The van der Waals surface area contributed by atoms with E-state index in [1.807, 2.05) is 13.0 Å². The lowest BCUT2D eigenvalue weighted by Crippen LogP contribution is -2.40. The van der Waals surface area contributed by atoms with Crippen molar-refractivity contribution in [1.29, 1.82) is 0 Å². The lowest BCUT2D eigenvalue weighted by atomic mass is 10.1. The number of hydrogen-bond acceptors (Lipinski definition) is 8. The molecule has 0 radical (unpaired) electrons. The Morgan fingerprint density at radius 1 is 1.24 bits per heavy atom. The predicted octanol–water partition coefficient (Wildman–Crippen LogP) is 3.01. The van der Waals surface area contributed by atoms with Crippen LogP contribution in [0.4, 0.5) is 17.2 Å². The van der Waals surface area contributed by atoms with E-state index in [2.05, 4.69) is 53.1 Å². The number of carbonyl (C=O) groups excluding carboxylic acids is 2. The van der Waals surface area contributed by atoms with E-state index in [4.69, 9.17) is 5.73 Å². The van der Waals surface area contributed by atoms with Crippen LogP contribution >= 0.6 is 11.8 Å². The van der Waals surface area contributed by atoms with Crippen molar-refractivity contribution in [3.63, 3.8) is 0 Å². The van der Waals surface area contributed by atoms with Gasteiger partial charge in [-0.15, -0.1) is 0 Å². The highest BCUT2D eigenvalue weighted by Gasteiger charge is 2.21. The molecule has 1 atom stereocenters. The van der Waals surface area contributed by atoms with Crippen LogP contribution in [-0.4, -0.2) is 40.5 Å². The highest BCUT2D eigenvalue weighted by molar-refractivity contribution is 7.99. The first kappa shape index (κ1) is 25.5. The quantitative estimate of drug-likeness (QED) is 0.280. The van der Waals surface area contributed by atoms with Gasteiger partial charge in [0, 0.05) is 42.7 Å². The third kappa shape index (κ3) is 6.27. The van der Waals surface area contributed by atoms with E-state index in [9.17, 15) is 14.4 Å². The molecule has 182 valence electrons. The summed E-state index contributed by atoms with van der Waals surface area (Å²) in [5.74, 6) is -0.0132. The summed E-state index contributed by atoms with van der Waals surface area (Å²) >= 11 is 1.50. The molecule has 34 heavy (non-hydrogen) atoms. The molecule has 1 aliphatic heterocycles. The second kappa shape index (κ2) is 11.3. The van der Waals surface area contributed by atoms with Crippen molar-refractivity contribution < 1.29 is 9.59 Å². The third-order valence-electron chi connectivity index (χ3n) is 5.51. The van der Waals surface area contributed by atoms with E-state index in [0.717, 1.165) is 34.3 Å². The van der Waals surface area contributed by atoms with Crippen LogP contribution in [0.25, 0.3) is 0 Å². The second-order valence-corrected chi connectivity index (χ2v) is 9.25. The van der Waals surface area contributed by atoms with Gasteiger partial charge in [-0.2, -0.15) is 4.98 Å². The maximum absolute atomic E-state index is 12.6. The number of anilines is 3. The summed E-state index contributed by atoms with van der Waals surface area (Å²) in [6.07, 6.45) is 1.86. The zero-order valence-electron chi connectivity index (χ0n) is 19.9. The Morgan fingerprint density at radius 3 is 2.65 bits per heavy atom. The number of fused-ring (bicyclic) bond motifs is 2. The highest BCUT2D eigenvalue weighted by Crippen LogP contribution is 2.43. The molecule has 0 saturated carbocycles. The number of hydrogen-bond donors (Lipinski definition) is 3. The minimum Gasteiger partial charge on any atom is -0.372 e. The first-order valence-electron chi connectivity index (χ1n) is 11.4. The summed E-state index contributed by atoms with van der Waals surface area (Å²) in [5, 5.41) is 5.89. The van der Waals surface area contributed by atoms with Gasteiger partial charge in [-0.25, -0.2) is 4.79 Å². The molecule has 1 aromatic carbocycles. The van der Waals surface area contributed by atoms with Gasteiger partial charge in [0.2, 0.25) is 5.91 Å². The second-order valence-electron chi connectivity index (χ2n) is 8.17. The molecule has 2 heterocycles.